The molecule has 0 spiro atoms. The minimum absolute atomic E-state index is 0.194. The molecule has 0 amide bonds. The monoisotopic (exact) mass is 277 g/mol. The van der Waals surface area contributed by atoms with Gasteiger partial charge in [-0.25, -0.2) is 4.79 Å². The summed E-state index contributed by atoms with van der Waals surface area (Å²) in [6.07, 6.45) is 14.5. The van der Waals surface area contributed by atoms with Crippen molar-refractivity contribution in [3.8, 4) is 0 Å². The molecule has 1 aliphatic carbocycles. The Labute approximate surface area is 122 Å². The number of fused-ring (bicyclic) bond motifs is 1. The van der Waals surface area contributed by atoms with Gasteiger partial charge in [0, 0.05) is 6.20 Å². The molecule has 112 valence electrons. The molecule has 0 bridgehead atoms. The Morgan fingerprint density at radius 1 is 1.05 bits per heavy atom. The summed E-state index contributed by atoms with van der Waals surface area (Å²) < 4.78 is 5.15. The standard InChI is InChI=1S/C17H27NO2/c1-2-20-17(19)16-15-12-10-8-6-4-3-5-7-9-11-14(15)13-18-16/h13,18H,2-12H2,1H3. The number of esters is 1. The van der Waals surface area contributed by atoms with Crippen molar-refractivity contribution in [3.63, 3.8) is 0 Å². The number of hydrogen-bond donors (Lipinski definition) is 1. The van der Waals surface area contributed by atoms with Crippen LogP contribution >= 0.6 is 0 Å². The van der Waals surface area contributed by atoms with Gasteiger partial charge in [-0.15, -0.1) is 0 Å². The fourth-order valence-electron chi connectivity index (χ4n) is 3.07. The van der Waals surface area contributed by atoms with Gasteiger partial charge in [0.05, 0.1) is 6.61 Å². The van der Waals surface area contributed by atoms with E-state index in [0.717, 1.165) is 12.8 Å². The first-order chi connectivity index (χ1) is 9.83. The summed E-state index contributed by atoms with van der Waals surface area (Å²) in [7, 11) is 0. The summed E-state index contributed by atoms with van der Waals surface area (Å²) in [5, 5.41) is 0. The number of aryl methyl sites for hydroxylation is 1. The number of rotatable bonds is 2. The highest BCUT2D eigenvalue weighted by Crippen LogP contribution is 2.22. The van der Waals surface area contributed by atoms with Crippen molar-refractivity contribution < 1.29 is 9.53 Å². The van der Waals surface area contributed by atoms with E-state index in [1.807, 2.05) is 13.1 Å². The van der Waals surface area contributed by atoms with Crippen molar-refractivity contribution >= 4 is 5.97 Å². The number of nitrogens with one attached hydrogen (secondary N) is 1. The van der Waals surface area contributed by atoms with E-state index in [0.29, 0.717) is 12.3 Å². The molecular weight excluding hydrogens is 250 g/mol. The van der Waals surface area contributed by atoms with Crippen LogP contribution in [0.4, 0.5) is 0 Å². The third-order valence-electron chi connectivity index (χ3n) is 4.18. The molecule has 2 rings (SSSR count). The topological polar surface area (TPSA) is 42.1 Å². The maximum absolute atomic E-state index is 12.0. The molecule has 1 aliphatic rings. The van der Waals surface area contributed by atoms with Gasteiger partial charge >= 0.3 is 5.97 Å². The lowest BCUT2D eigenvalue weighted by Crippen LogP contribution is -2.08. The van der Waals surface area contributed by atoms with Crippen LogP contribution in [0, 0.1) is 0 Å². The second kappa shape index (κ2) is 8.13. The highest BCUT2D eigenvalue weighted by molar-refractivity contribution is 5.89. The van der Waals surface area contributed by atoms with E-state index in [2.05, 4.69) is 4.98 Å². The van der Waals surface area contributed by atoms with E-state index in [-0.39, 0.29) is 5.97 Å². The van der Waals surface area contributed by atoms with Gasteiger partial charge in [0.25, 0.3) is 0 Å². The fourth-order valence-corrected chi connectivity index (χ4v) is 3.07. The average Bonchev–Trinajstić information content (AvgIpc) is 2.82. The lowest BCUT2D eigenvalue weighted by atomic mass is 9.96. The predicted octanol–water partition coefficient (Wildman–Crippen LogP) is 4.41. The van der Waals surface area contributed by atoms with Gasteiger partial charge in [-0.2, -0.15) is 0 Å². The van der Waals surface area contributed by atoms with E-state index >= 15 is 0 Å². The predicted molar refractivity (Wildman–Crippen MR) is 81.1 cm³/mol. The molecule has 0 radical (unpaired) electrons. The van der Waals surface area contributed by atoms with Crippen molar-refractivity contribution in [2.45, 2.75) is 71.1 Å². The van der Waals surface area contributed by atoms with Gasteiger partial charge < -0.3 is 9.72 Å². The molecule has 1 aromatic heterocycles. The third kappa shape index (κ3) is 4.12. The van der Waals surface area contributed by atoms with E-state index in [9.17, 15) is 4.79 Å². The Balaban J connectivity index is 2.11. The summed E-state index contributed by atoms with van der Waals surface area (Å²) in [6.45, 7) is 2.29. The lowest BCUT2D eigenvalue weighted by molar-refractivity contribution is 0.0519. The molecule has 1 aromatic rings. The zero-order valence-corrected chi connectivity index (χ0v) is 12.7. The molecule has 3 nitrogen and oxygen atoms in total. The first-order valence-corrected chi connectivity index (χ1v) is 8.19. The number of carbonyl (C=O) groups excluding carboxylic acids is 1. The number of aromatic amines is 1. The van der Waals surface area contributed by atoms with Gasteiger partial charge in [-0.05, 0) is 43.7 Å². The largest absolute Gasteiger partial charge is 0.461 e. The highest BCUT2D eigenvalue weighted by Gasteiger charge is 2.18. The number of ether oxygens (including phenoxy) is 1. The van der Waals surface area contributed by atoms with Crippen LogP contribution in [-0.4, -0.2) is 17.6 Å². The summed E-state index contributed by atoms with van der Waals surface area (Å²) in [6, 6.07) is 0. The lowest BCUT2D eigenvalue weighted by Gasteiger charge is -2.09. The number of aromatic nitrogens is 1. The minimum Gasteiger partial charge on any atom is -0.461 e. The Morgan fingerprint density at radius 3 is 2.30 bits per heavy atom. The smallest absolute Gasteiger partial charge is 0.355 e. The summed E-state index contributed by atoms with van der Waals surface area (Å²) in [4.78, 5) is 15.2. The minimum atomic E-state index is -0.194. The SMILES string of the molecule is CCOC(=O)c1[nH]cc2c1CCCCCCCCCC2. The molecule has 0 unspecified atom stereocenters. The van der Waals surface area contributed by atoms with Crippen LogP contribution in [-0.2, 0) is 17.6 Å². The second-order valence-electron chi connectivity index (χ2n) is 5.72. The zero-order valence-electron chi connectivity index (χ0n) is 12.7. The molecule has 0 saturated carbocycles. The maximum Gasteiger partial charge on any atom is 0.355 e. The normalized spacial score (nSPS) is 17.6. The fraction of sp³-hybridized carbons (Fsp3) is 0.706. The molecule has 20 heavy (non-hydrogen) atoms. The van der Waals surface area contributed by atoms with E-state index in [1.165, 1.54) is 62.5 Å². The van der Waals surface area contributed by atoms with Crippen LogP contribution in [0.3, 0.4) is 0 Å². The first-order valence-electron chi connectivity index (χ1n) is 8.19. The van der Waals surface area contributed by atoms with E-state index in [1.54, 1.807) is 0 Å². The third-order valence-corrected chi connectivity index (χ3v) is 4.18. The summed E-state index contributed by atoms with van der Waals surface area (Å²) >= 11 is 0. The zero-order chi connectivity index (χ0) is 14.2. The van der Waals surface area contributed by atoms with Crippen molar-refractivity contribution in [1.82, 2.24) is 4.98 Å². The van der Waals surface area contributed by atoms with E-state index in [4.69, 9.17) is 4.74 Å². The second-order valence-corrected chi connectivity index (χ2v) is 5.72. The van der Waals surface area contributed by atoms with Crippen molar-refractivity contribution in [3.05, 3.63) is 23.0 Å². The van der Waals surface area contributed by atoms with Gasteiger partial charge in [0.1, 0.15) is 5.69 Å². The van der Waals surface area contributed by atoms with Crippen molar-refractivity contribution in [2.75, 3.05) is 6.61 Å². The van der Waals surface area contributed by atoms with Gasteiger partial charge in [-0.3, -0.25) is 0 Å². The van der Waals surface area contributed by atoms with Crippen LogP contribution < -0.4 is 0 Å². The summed E-state index contributed by atoms with van der Waals surface area (Å²) in [5.41, 5.74) is 3.23. The van der Waals surface area contributed by atoms with E-state index < -0.39 is 0 Å². The molecular formula is C17H27NO2. The molecule has 0 fully saturated rings. The van der Waals surface area contributed by atoms with Crippen LogP contribution in [0.1, 0.15) is 79.9 Å². The Bertz CT molecular complexity index is 423. The molecule has 0 aromatic carbocycles. The van der Waals surface area contributed by atoms with Crippen LogP contribution in [0.25, 0.3) is 0 Å². The van der Waals surface area contributed by atoms with Gasteiger partial charge in [0.15, 0.2) is 0 Å². The van der Waals surface area contributed by atoms with Crippen molar-refractivity contribution in [2.24, 2.45) is 0 Å². The Hall–Kier alpha value is -1.25. The molecule has 1 heterocycles. The quantitative estimate of drug-likeness (QED) is 0.813. The van der Waals surface area contributed by atoms with Crippen LogP contribution in [0.5, 0.6) is 0 Å². The Morgan fingerprint density at radius 2 is 1.65 bits per heavy atom. The van der Waals surface area contributed by atoms with Gasteiger partial charge in [-0.1, -0.05) is 38.5 Å². The van der Waals surface area contributed by atoms with Crippen LogP contribution in [0.2, 0.25) is 0 Å². The van der Waals surface area contributed by atoms with Crippen molar-refractivity contribution in [1.29, 1.82) is 0 Å². The summed E-state index contributed by atoms with van der Waals surface area (Å²) in [5.74, 6) is -0.194. The number of carbonyl (C=O) groups is 1. The number of H-pyrrole nitrogens is 1. The maximum atomic E-state index is 12.0. The Kier molecular flexibility index (Phi) is 6.16. The van der Waals surface area contributed by atoms with Gasteiger partial charge in [0.2, 0.25) is 0 Å². The first kappa shape index (κ1) is 15.1. The van der Waals surface area contributed by atoms with Crippen LogP contribution in [0.15, 0.2) is 6.20 Å². The molecule has 3 heteroatoms. The average molecular weight is 277 g/mol. The molecule has 0 atom stereocenters. The number of hydrogen-bond acceptors (Lipinski definition) is 2. The molecule has 1 N–H and O–H groups in total. The molecule has 0 saturated heterocycles. The highest BCUT2D eigenvalue weighted by atomic mass is 16.5. The molecule has 0 aliphatic heterocycles.